The van der Waals surface area contributed by atoms with Crippen LogP contribution in [0.3, 0.4) is 0 Å². The van der Waals surface area contributed by atoms with Gasteiger partial charge in [-0.25, -0.2) is 0 Å². The molecule has 0 saturated carbocycles. The lowest BCUT2D eigenvalue weighted by molar-refractivity contribution is -0.191. The van der Waals surface area contributed by atoms with Crippen LogP contribution in [0.1, 0.15) is 0 Å². The molecule has 4 heteroatoms. The minimum absolute atomic E-state index is 0. The summed E-state index contributed by atoms with van der Waals surface area (Å²) in [6.45, 7) is 0. The largest absolute Gasteiger partial charge is 0.373 e. The second kappa shape index (κ2) is 194. The van der Waals surface area contributed by atoms with E-state index in [4.69, 9.17) is 9.59 Å². The van der Waals surface area contributed by atoms with Crippen LogP contribution >= 0.6 is 0 Å². The van der Waals surface area contributed by atoms with E-state index in [-0.39, 0.29) is 18.5 Å². The molecule has 0 saturated heterocycles. The molecule has 0 heterocycles. The molecule has 5 heavy (non-hydrogen) atoms. The first-order chi connectivity index (χ1) is 1.41. The average molecular weight is 78.1 g/mol. The van der Waals surface area contributed by atoms with Gasteiger partial charge in [-0.3, -0.25) is 0 Å². The Bertz CT molecular complexity index is 28.6. The Morgan fingerprint density at radius 1 is 1.00 bits per heavy atom. The van der Waals surface area contributed by atoms with Crippen LogP contribution in [0.2, 0.25) is 0 Å². The van der Waals surface area contributed by atoms with Gasteiger partial charge in [0.15, 0.2) is 0 Å². The SMILES string of the molecule is N.N.O=C=O. The number of hydrogen-bond donors (Lipinski definition) is 2. The molecular weight excluding hydrogens is 72.0 g/mol. The van der Waals surface area contributed by atoms with Crippen molar-refractivity contribution in [3.63, 3.8) is 0 Å². The Morgan fingerprint density at radius 2 is 1.00 bits per heavy atom. The van der Waals surface area contributed by atoms with Crippen molar-refractivity contribution in [2.75, 3.05) is 0 Å². The third-order valence-corrected chi connectivity index (χ3v) is 0. The zero-order valence-corrected chi connectivity index (χ0v) is 2.73. The van der Waals surface area contributed by atoms with Gasteiger partial charge < -0.3 is 12.3 Å². The van der Waals surface area contributed by atoms with Gasteiger partial charge in [-0.1, -0.05) is 0 Å². The van der Waals surface area contributed by atoms with Gasteiger partial charge in [0.2, 0.25) is 0 Å². The van der Waals surface area contributed by atoms with Crippen molar-refractivity contribution in [3.05, 3.63) is 0 Å². The number of carbonyl (C=O) groups excluding carboxylic acids is 2. The van der Waals surface area contributed by atoms with Gasteiger partial charge in [0.25, 0.3) is 0 Å². The second-order valence-electron chi connectivity index (χ2n) is 0.0833. The van der Waals surface area contributed by atoms with E-state index in [1.807, 2.05) is 0 Å². The molecule has 0 bridgehead atoms. The van der Waals surface area contributed by atoms with E-state index in [9.17, 15) is 0 Å². The van der Waals surface area contributed by atoms with Crippen LogP contribution in [0.15, 0.2) is 0 Å². The molecule has 0 fully saturated rings. The van der Waals surface area contributed by atoms with Gasteiger partial charge in [0.1, 0.15) is 0 Å². The summed E-state index contributed by atoms with van der Waals surface area (Å²) >= 11 is 0. The van der Waals surface area contributed by atoms with Crippen molar-refractivity contribution >= 4 is 6.15 Å². The van der Waals surface area contributed by atoms with E-state index in [0.29, 0.717) is 0 Å². The molecule has 0 spiro atoms. The standard InChI is InChI=1S/CO2.2H3N/c2-1-3;;/h;2*1H3. The fraction of sp³-hybridized carbons (Fsp3) is 0. The van der Waals surface area contributed by atoms with Crippen molar-refractivity contribution in [2.45, 2.75) is 0 Å². The molecule has 0 aromatic heterocycles. The summed E-state index contributed by atoms with van der Waals surface area (Å²) in [5.41, 5.74) is 0. The first-order valence-corrected chi connectivity index (χ1v) is 0.408. The normalized spacial score (nSPS) is 1.60. The summed E-state index contributed by atoms with van der Waals surface area (Å²) in [4.78, 5) is 16.2. The Hall–Kier alpha value is -0.700. The lowest BCUT2D eigenvalue weighted by atomic mass is 11.8. The molecule has 0 rings (SSSR count). The van der Waals surface area contributed by atoms with Crippen molar-refractivity contribution < 1.29 is 9.59 Å². The van der Waals surface area contributed by atoms with Gasteiger partial charge in [-0.05, 0) is 0 Å². The van der Waals surface area contributed by atoms with Gasteiger partial charge in [0, 0.05) is 0 Å². The highest BCUT2D eigenvalue weighted by Gasteiger charge is 1.13. The van der Waals surface area contributed by atoms with Crippen molar-refractivity contribution in [2.24, 2.45) is 0 Å². The Balaban J connectivity index is -0.0000000200. The second-order valence-corrected chi connectivity index (χ2v) is 0.0833. The van der Waals surface area contributed by atoms with Crippen LogP contribution in [0.4, 0.5) is 0 Å². The molecule has 0 aromatic rings. The zero-order chi connectivity index (χ0) is 2.71. The quantitative estimate of drug-likeness (QED) is 0.416. The molecule has 0 aromatic carbocycles. The predicted octanol–water partition coefficient (Wildman–Crippen LogP) is -0.260. The summed E-state index contributed by atoms with van der Waals surface area (Å²) in [7, 11) is 0. The van der Waals surface area contributed by atoms with Crippen LogP contribution in [-0.4, -0.2) is 6.15 Å². The van der Waals surface area contributed by atoms with Crippen LogP contribution in [-0.2, 0) is 9.59 Å². The van der Waals surface area contributed by atoms with Crippen molar-refractivity contribution in [1.29, 1.82) is 0 Å². The lowest BCUT2D eigenvalue weighted by Crippen LogP contribution is -1.22. The maximum absolute atomic E-state index is 8.12. The first-order valence-electron chi connectivity index (χ1n) is 0.408. The summed E-state index contributed by atoms with van der Waals surface area (Å²) in [6.07, 6.45) is 0.250. The maximum atomic E-state index is 8.12. The van der Waals surface area contributed by atoms with Crippen LogP contribution in [0.25, 0.3) is 0 Å². The molecule has 0 radical (unpaired) electrons. The first kappa shape index (κ1) is 27.7. The summed E-state index contributed by atoms with van der Waals surface area (Å²) < 4.78 is 0. The molecule has 0 atom stereocenters. The highest BCUT2D eigenvalue weighted by molar-refractivity contribution is 5.20. The molecule has 0 aliphatic carbocycles. The highest BCUT2D eigenvalue weighted by atomic mass is 16.2. The zero-order valence-electron chi connectivity index (χ0n) is 2.73. The average Bonchev–Trinajstić information content (AvgIpc) is 0.918. The van der Waals surface area contributed by atoms with Crippen LogP contribution in [0.5, 0.6) is 0 Å². The highest BCUT2D eigenvalue weighted by Crippen LogP contribution is 0.787. The summed E-state index contributed by atoms with van der Waals surface area (Å²) in [5, 5.41) is 0. The fourth-order valence-corrected chi connectivity index (χ4v) is 0. The van der Waals surface area contributed by atoms with E-state index < -0.39 is 0 Å². The molecule has 0 aliphatic heterocycles. The van der Waals surface area contributed by atoms with E-state index in [2.05, 4.69) is 0 Å². The van der Waals surface area contributed by atoms with Gasteiger partial charge in [-0.15, -0.1) is 0 Å². The van der Waals surface area contributed by atoms with E-state index in [1.54, 1.807) is 0 Å². The topological polar surface area (TPSA) is 104 Å². The number of rotatable bonds is 0. The Kier molecular flexibility index (Phi) is 1070. The van der Waals surface area contributed by atoms with Crippen LogP contribution in [0, 0.1) is 0 Å². The monoisotopic (exact) mass is 78.0 g/mol. The minimum Gasteiger partial charge on any atom is -0.344 e. The van der Waals surface area contributed by atoms with Gasteiger partial charge in [-0.2, -0.15) is 9.59 Å². The molecule has 0 unspecified atom stereocenters. The van der Waals surface area contributed by atoms with E-state index in [0.717, 1.165) is 0 Å². The van der Waals surface area contributed by atoms with Gasteiger partial charge >= 0.3 is 6.15 Å². The Labute approximate surface area is 29.3 Å². The predicted molar refractivity (Wildman–Crippen MR) is 15.1 cm³/mol. The third kappa shape index (κ3) is 11.4. The molecule has 32 valence electrons. The fourth-order valence-electron chi connectivity index (χ4n) is 0. The Morgan fingerprint density at radius 3 is 1.00 bits per heavy atom. The molecule has 0 amide bonds. The molecular formula is CH6N2O2. The van der Waals surface area contributed by atoms with Gasteiger partial charge in [0.05, 0.1) is 0 Å². The van der Waals surface area contributed by atoms with Crippen molar-refractivity contribution in [1.82, 2.24) is 12.3 Å². The number of hydrogen-bond acceptors (Lipinski definition) is 4. The minimum atomic E-state index is 0. The summed E-state index contributed by atoms with van der Waals surface area (Å²) in [5.74, 6) is 0. The third-order valence-electron chi connectivity index (χ3n) is 0. The molecule has 0 aliphatic rings. The molecule has 6 N–H and O–H groups in total. The lowest BCUT2D eigenvalue weighted by Gasteiger charge is -0.945. The van der Waals surface area contributed by atoms with E-state index >= 15 is 0 Å². The van der Waals surface area contributed by atoms with Crippen molar-refractivity contribution in [3.8, 4) is 0 Å². The van der Waals surface area contributed by atoms with E-state index in [1.165, 1.54) is 0 Å². The maximum Gasteiger partial charge on any atom is 0.373 e. The van der Waals surface area contributed by atoms with Crippen LogP contribution < -0.4 is 12.3 Å². The molecule has 4 nitrogen and oxygen atoms in total. The smallest absolute Gasteiger partial charge is 0.344 e. The summed E-state index contributed by atoms with van der Waals surface area (Å²) in [6, 6.07) is 0.